The summed E-state index contributed by atoms with van der Waals surface area (Å²) in [5, 5.41) is 0.690. The number of rotatable bonds is 5. The van der Waals surface area contributed by atoms with E-state index in [4.69, 9.17) is 0 Å². The van der Waals surface area contributed by atoms with E-state index in [0.717, 1.165) is 35.1 Å². The predicted octanol–water partition coefficient (Wildman–Crippen LogP) is 3.81. The van der Waals surface area contributed by atoms with Gasteiger partial charge in [0.05, 0.1) is 11.9 Å². The normalized spacial score (nSPS) is 11.2. The number of nitrogens with zero attached hydrogens (tertiary/aromatic N) is 3. The topological polar surface area (TPSA) is 39.8 Å². The van der Waals surface area contributed by atoms with Crippen LogP contribution < -0.4 is 5.56 Å². The summed E-state index contributed by atoms with van der Waals surface area (Å²) in [6.07, 6.45) is 3.85. The highest BCUT2D eigenvalue weighted by Gasteiger charge is 2.13. The van der Waals surface area contributed by atoms with Gasteiger partial charge in [0.15, 0.2) is 5.65 Å². The van der Waals surface area contributed by atoms with Gasteiger partial charge in [0.1, 0.15) is 0 Å². The van der Waals surface area contributed by atoms with Crippen LogP contribution >= 0.6 is 15.9 Å². The van der Waals surface area contributed by atoms with Crippen molar-refractivity contribution in [3.05, 3.63) is 63.0 Å². The van der Waals surface area contributed by atoms with Gasteiger partial charge >= 0.3 is 0 Å². The van der Waals surface area contributed by atoms with Crippen molar-refractivity contribution in [1.82, 2.24) is 14.3 Å². The monoisotopic (exact) mass is 359 g/mol. The van der Waals surface area contributed by atoms with Gasteiger partial charge in [-0.05, 0) is 36.2 Å². The summed E-state index contributed by atoms with van der Waals surface area (Å²) in [6, 6.07) is 11.7. The van der Waals surface area contributed by atoms with E-state index in [1.165, 1.54) is 0 Å². The van der Waals surface area contributed by atoms with E-state index in [0.29, 0.717) is 11.9 Å². The van der Waals surface area contributed by atoms with Crippen LogP contribution in [0.3, 0.4) is 0 Å². The van der Waals surface area contributed by atoms with Crippen LogP contribution in [-0.2, 0) is 13.1 Å². The minimum absolute atomic E-state index is 0.0297. The SMILES string of the molecule is CCCCn1c2ncccc2c(=O)n1Cc1ccc(Br)cc1. The number of hydrogen-bond donors (Lipinski definition) is 0. The lowest BCUT2D eigenvalue weighted by Gasteiger charge is -2.12. The van der Waals surface area contributed by atoms with Crippen molar-refractivity contribution in [1.29, 1.82) is 0 Å². The average Bonchev–Trinajstić information content (AvgIpc) is 2.80. The first-order valence-electron chi connectivity index (χ1n) is 7.49. The Hall–Kier alpha value is -1.88. The van der Waals surface area contributed by atoms with Gasteiger partial charge in [-0.15, -0.1) is 0 Å². The molecule has 0 bridgehead atoms. The molecule has 114 valence electrons. The Labute approximate surface area is 137 Å². The highest BCUT2D eigenvalue weighted by Crippen LogP contribution is 2.14. The van der Waals surface area contributed by atoms with Gasteiger partial charge in [0.2, 0.25) is 0 Å². The van der Waals surface area contributed by atoms with E-state index in [1.54, 1.807) is 10.9 Å². The molecule has 0 atom stereocenters. The number of aryl methyl sites for hydroxylation is 1. The Morgan fingerprint density at radius 3 is 2.64 bits per heavy atom. The molecule has 0 saturated heterocycles. The van der Waals surface area contributed by atoms with Crippen LogP contribution in [0.1, 0.15) is 25.3 Å². The molecule has 0 saturated carbocycles. The molecule has 0 radical (unpaired) electrons. The van der Waals surface area contributed by atoms with Crippen LogP contribution in [0.5, 0.6) is 0 Å². The van der Waals surface area contributed by atoms with Gasteiger partial charge in [-0.1, -0.05) is 41.4 Å². The zero-order valence-electron chi connectivity index (χ0n) is 12.5. The van der Waals surface area contributed by atoms with Crippen LogP contribution in [0.25, 0.3) is 11.0 Å². The number of aromatic nitrogens is 3. The molecule has 0 aliphatic heterocycles. The molecule has 1 aromatic carbocycles. The highest BCUT2D eigenvalue weighted by atomic mass is 79.9. The third kappa shape index (κ3) is 2.86. The molecule has 3 aromatic rings. The maximum Gasteiger partial charge on any atom is 0.276 e. The van der Waals surface area contributed by atoms with Gasteiger partial charge < -0.3 is 0 Å². The molecule has 2 heterocycles. The van der Waals surface area contributed by atoms with E-state index < -0.39 is 0 Å². The van der Waals surface area contributed by atoms with Crippen molar-refractivity contribution in [2.24, 2.45) is 0 Å². The van der Waals surface area contributed by atoms with Crippen LogP contribution in [0.4, 0.5) is 0 Å². The van der Waals surface area contributed by atoms with Crippen LogP contribution in [0.15, 0.2) is 51.9 Å². The standard InChI is InChI=1S/C17H18BrN3O/c1-2-3-11-20-16-15(5-4-10-19-16)17(22)21(20)12-13-6-8-14(18)9-7-13/h4-10H,2-3,11-12H2,1H3. The number of pyridine rings is 1. The molecular weight excluding hydrogens is 342 g/mol. The number of halogens is 1. The zero-order chi connectivity index (χ0) is 15.5. The van der Waals surface area contributed by atoms with Crippen molar-refractivity contribution in [2.75, 3.05) is 0 Å². The number of unbranched alkanes of at least 4 members (excludes halogenated alkanes) is 1. The molecule has 4 nitrogen and oxygen atoms in total. The number of benzene rings is 1. The minimum atomic E-state index is 0.0297. The predicted molar refractivity (Wildman–Crippen MR) is 92.1 cm³/mol. The van der Waals surface area contributed by atoms with Gasteiger partial charge in [0.25, 0.3) is 5.56 Å². The van der Waals surface area contributed by atoms with Crippen molar-refractivity contribution in [3.63, 3.8) is 0 Å². The highest BCUT2D eigenvalue weighted by molar-refractivity contribution is 9.10. The first kappa shape index (κ1) is 15.0. The molecule has 0 unspecified atom stereocenters. The fourth-order valence-electron chi connectivity index (χ4n) is 2.59. The number of hydrogen-bond acceptors (Lipinski definition) is 2. The van der Waals surface area contributed by atoms with Crippen LogP contribution in [0.2, 0.25) is 0 Å². The lowest BCUT2D eigenvalue weighted by atomic mass is 10.2. The fraction of sp³-hybridized carbons (Fsp3) is 0.294. The van der Waals surface area contributed by atoms with E-state index in [-0.39, 0.29) is 5.56 Å². The Kier molecular flexibility index (Phi) is 4.43. The Balaban J connectivity index is 2.08. The maximum absolute atomic E-state index is 12.7. The van der Waals surface area contributed by atoms with E-state index >= 15 is 0 Å². The summed E-state index contributed by atoms with van der Waals surface area (Å²) in [6.45, 7) is 3.52. The molecule has 0 amide bonds. The van der Waals surface area contributed by atoms with Gasteiger partial charge in [0, 0.05) is 17.2 Å². The van der Waals surface area contributed by atoms with Crippen molar-refractivity contribution >= 4 is 27.0 Å². The second kappa shape index (κ2) is 6.48. The molecule has 5 heteroatoms. The first-order chi connectivity index (χ1) is 10.7. The molecule has 0 spiro atoms. The van der Waals surface area contributed by atoms with Crippen molar-refractivity contribution < 1.29 is 0 Å². The van der Waals surface area contributed by atoms with Crippen LogP contribution in [-0.4, -0.2) is 14.3 Å². The fourth-order valence-corrected chi connectivity index (χ4v) is 2.85. The second-order valence-electron chi connectivity index (χ2n) is 5.34. The lowest BCUT2D eigenvalue weighted by Crippen LogP contribution is -2.24. The van der Waals surface area contributed by atoms with Crippen molar-refractivity contribution in [2.45, 2.75) is 32.9 Å². The van der Waals surface area contributed by atoms with Crippen LogP contribution in [0, 0.1) is 0 Å². The molecular formula is C17H18BrN3O. The number of fused-ring (bicyclic) bond motifs is 1. The average molecular weight is 360 g/mol. The maximum atomic E-state index is 12.7. The van der Waals surface area contributed by atoms with E-state index in [1.807, 2.05) is 41.1 Å². The summed E-state index contributed by atoms with van der Waals surface area (Å²) in [7, 11) is 0. The summed E-state index contributed by atoms with van der Waals surface area (Å²) in [4.78, 5) is 17.1. The molecule has 0 fully saturated rings. The third-order valence-electron chi connectivity index (χ3n) is 3.76. The molecule has 0 N–H and O–H groups in total. The lowest BCUT2D eigenvalue weighted by molar-refractivity contribution is 0.465. The molecule has 0 aliphatic rings. The smallest absolute Gasteiger partial charge is 0.267 e. The first-order valence-corrected chi connectivity index (χ1v) is 8.28. The largest absolute Gasteiger partial charge is 0.276 e. The Morgan fingerprint density at radius 1 is 1.14 bits per heavy atom. The molecule has 0 aliphatic carbocycles. The second-order valence-corrected chi connectivity index (χ2v) is 6.26. The van der Waals surface area contributed by atoms with Gasteiger partial charge in [-0.2, -0.15) is 0 Å². The zero-order valence-corrected chi connectivity index (χ0v) is 14.1. The quantitative estimate of drug-likeness (QED) is 0.694. The third-order valence-corrected chi connectivity index (χ3v) is 4.29. The summed E-state index contributed by atoms with van der Waals surface area (Å²) < 4.78 is 4.86. The molecule has 3 rings (SSSR count). The van der Waals surface area contributed by atoms with E-state index in [2.05, 4.69) is 27.8 Å². The molecule has 22 heavy (non-hydrogen) atoms. The Morgan fingerprint density at radius 2 is 1.91 bits per heavy atom. The van der Waals surface area contributed by atoms with E-state index in [9.17, 15) is 4.79 Å². The molecule has 2 aromatic heterocycles. The minimum Gasteiger partial charge on any atom is -0.267 e. The Bertz CT molecular complexity index is 833. The van der Waals surface area contributed by atoms with Crippen molar-refractivity contribution in [3.8, 4) is 0 Å². The summed E-state index contributed by atoms with van der Waals surface area (Å²) >= 11 is 3.44. The van der Waals surface area contributed by atoms with Gasteiger partial charge in [-0.3, -0.25) is 9.48 Å². The summed E-state index contributed by atoms with van der Waals surface area (Å²) in [5.41, 5.74) is 1.91. The van der Waals surface area contributed by atoms with Gasteiger partial charge in [-0.25, -0.2) is 9.67 Å². The summed E-state index contributed by atoms with van der Waals surface area (Å²) in [5.74, 6) is 0.